The van der Waals surface area contributed by atoms with Crippen LogP contribution < -0.4 is 0 Å². The van der Waals surface area contributed by atoms with Gasteiger partial charge in [0.15, 0.2) is 0 Å². The molecule has 1 unspecified atom stereocenters. The summed E-state index contributed by atoms with van der Waals surface area (Å²) in [6, 6.07) is 0.266. The molecule has 3 aromatic heterocycles. The van der Waals surface area contributed by atoms with Crippen LogP contribution in [0.25, 0.3) is 0 Å². The van der Waals surface area contributed by atoms with E-state index in [1.54, 1.807) is 11.3 Å². The molecule has 4 heterocycles. The molecular weight excluding hydrogens is 461 g/mol. The van der Waals surface area contributed by atoms with Crippen LogP contribution in [-0.4, -0.2) is 59.6 Å². The van der Waals surface area contributed by atoms with E-state index in [2.05, 4.69) is 43.0 Å². The summed E-state index contributed by atoms with van der Waals surface area (Å²) >= 11 is 1.66. The quantitative estimate of drug-likeness (QED) is 0.547. The monoisotopic (exact) mass is 486 g/mol. The molecule has 0 radical (unpaired) electrons. The molecule has 0 aromatic carbocycles. The van der Waals surface area contributed by atoms with E-state index in [-0.39, 0.29) is 6.04 Å². The molecule has 3 aromatic rings. The van der Waals surface area contributed by atoms with Gasteiger partial charge in [0.1, 0.15) is 0 Å². The average Bonchev–Trinajstić information content (AvgIpc) is 3.49. The van der Waals surface area contributed by atoms with Gasteiger partial charge in [0.25, 0.3) is 0 Å². The summed E-state index contributed by atoms with van der Waals surface area (Å²) < 4.78 is 41.9. The van der Waals surface area contributed by atoms with Crippen molar-refractivity contribution in [2.45, 2.75) is 52.3 Å². The molecule has 0 bridgehead atoms. The Bertz CT molecular complexity index is 1050. The molecule has 180 valence electrons. The van der Waals surface area contributed by atoms with Gasteiger partial charge in [-0.3, -0.25) is 9.58 Å². The minimum atomic E-state index is -5.08. The lowest BCUT2D eigenvalue weighted by Gasteiger charge is -2.34. The lowest BCUT2D eigenvalue weighted by Crippen LogP contribution is -2.38. The van der Waals surface area contributed by atoms with Crippen molar-refractivity contribution in [2.24, 2.45) is 0 Å². The Morgan fingerprint density at radius 3 is 2.73 bits per heavy atom. The highest BCUT2D eigenvalue weighted by Gasteiger charge is 2.38. The molecule has 0 amide bonds. The number of hydrogen-bond acceptors (Lipinski definition) is 7. The first-order valence-corrected chi connectivity index (χ1v) is 11.1. The zero-order valence-corrected chi connectivity index (χ0v) is 19.0. The Morgan fingerprint density at radius 1 is 1.36 bits per heavy atom. The van der Waals surface area contributed by atoms with Crippen LogP contribution in [0, 0.1) is 6.92 Å². The fourth-order valence-corrected chi connectivity index (χ4v) is 4.01. The van der Waals surface area contributed by atoms with Crippen LogP contribution >= 0.6 is 11.3 Å². The van der Waals surface area contributed by atoms with Crippen molar-refractivity contribution in [1.29, 1.82) is 0 Å². The van der Waals surface area contributed by atoms with Gasteiger partial charge in [-0.25, -0.2) is 14.8 Å². The van der Waals surface area contributed by atoms with Gasteiger partial charge in [-0.2, -0.15) is 18.3 Å². The molecule has 1 aliphatic heterocycles. The molecule has 0 saturated carbocycles. The van der Waals surface area contributed by atoms with Crippen molar-refractivity contribution in [1.82, 2.24) is 29.2 Å². The van der Waals surface area contributed by atoms with Crippen LogP contribution in [0.1, 0.15) is 34.9 Å². The van der Waals surface area contributed by atoms with Crippen LogP contribution in [0.3, 0.4) is 0 Å². The maximum Gasteiger partial charge on any atom is 0.490 e. The first kappa shape index (κ1) is 24.9. The predicted octanol–water partition coefficient (Wildman–Crippen LogP) is 3.27. The van der Waals surface area contributed by atoms with E-state index in [1.165, 1.54) is 11.3 Å². The maximum absolute atomic E-state index is 10.6. The van der Waals surface area contributed by atoms with Crippen molar-refractivity contribution < 1.29 is 27.8 Å². The van der Waals surface area contributed by atoms with Crippen LogP contribution in [0.15, 0.2) is 30.3 Å². The average molecular weight is 487 g/mol. The second-order valence-corrected chi connectivity index (χ2v) is 8.56. The van der Waals surface area contributed by atoms with Gasteiger partial charge in [-0.15, -0.1) is 11.3 Å². The van der Waals surface area contributed by atoms with Gasteiger partial charge >= 0.3 is 12.1 Å². The van der Waals surface area contributed by atoms with Crippen LogP contribution in [0.4, 0.5) is 13.2 Å². The third-order valence-corrected chi connectivity index (χ3v) is 5.70. The molecular formula is C20H25F3N6O3S. The van der Waals surface area contributed by atoms with Crippen molar-refractivity contribution in [3.8, 4) is 0 Å². The largest absolute Gasteiger partial charge is 0.490 e. The number of alkyl halides is 3. The fraction of sp³-hybridized carbons (Fsp3) is 0.500. The maximum atomic E-state index is 10.6. The zero-order chi connectivity index (χ0) is 24.0. The number of fused-ring (bicyclic) bond motifs is 1. The Balaban J connectivity index is 0.000000383. The molecule has 0 fully saturated rings. The number of rotatable bonds is 7. The highest BCUT2D eigenvalue weighted by atomic mass is 32.1. The van der Waals surface area contributed by atoms with E-state index in [0.29, 0.717) is 13.2 Å². The number of aromatic nitrogens is 5. The summed E-state index contributed by atoms with van der Waals surface area (Å²) in [5.41, 5.74) is 3.49. The third-order valence-electron chi connectivity index (χ3n) is 4.88. The Kier molecular flexibility index (Phi) is 8.21. The summed E-state index contributed by atoms with van der Waals surface area (Å²) in [4.78, 5) is 20.1. The molecule has 0 aliphatic carbocycles. The molecule has 1 N–H and O–H groups in total. The van der Waals surface area contributed by atoms with Crippen molar-refractivity contribution >= 4 is 17.3 Å². The van der Waals surface area contributed by atoms with Gasteiger partial charge in [-0.05, 0) is 13.8 Å². The summed E-state index contributed by atoms with van der Waals surface area (Å²) in [5.74, 6) is -2.76. The normalized spacial score (nSPS) is 16.2. The molecule has 1 aliphatic rings. The number of imidazole rings is 1. The zero-order valence-electron chi connectivity index (χ0n) is 18.2. The number of carbonyl (C=O) groups is 1. The molecule has 0 saturated heterocycles. The second kappa shape index (κ2) is 10.9. The van der Waals surface area contributed by atoms with Gasteiger partial charge < -0.3 is 14.4 Å². The number of thiazole rings is 1. The molecule has 0 spiro atoms. The van der Waals surface area contributed by atoms with E-state index in [4.69, 9.17) is 14.6 Å². The first-order valence-electron chi connectivity index (χ1n) is 10.2. The number of carboxylic acids is 1. The number of hydrogen-bond donors (Lipinski definition) is 1. The van der Waals surface area contributed by atoms with E-state index >= 15 is 0 Å². The van der Waals surface area contributed by atoms with Gasteiger partial charge in [-0.1, -0.05) is 0 Å². The first-order chi connectivity index (χ1) is 15.7. The molecule has 1 atom stereocenters. The van der Waals surface area contributed by atoms with E-state index in [9.17, 15) is 13.2 Å². The lowest BCUT2D eigenvalue weighted by atomic mass is 10.2. The summed E-state index contributed by atoms with van der Waals surface area (Å²) in [5, 5.41) is 14.7. The van der Waals surface area contributed by atoms with Gasteiger partial charge in [0.2, 0.25) is 0 Å². The minimum Gasteiger partial charge on any atom is -0.475 e. The highest BCUT2D eigenvalue weighted by molar-refractivity contribution is 7.09. The Morgan fingerprint density at radius 2 is 2.12 bits per heavy atom. The van der Waals surface area contributed by atoms with Crippen molar-refractivity contribution in [3.05, 3.63) is 52.3 Å². The number of carboxylic acid groups (broad SMARTS) is 1. The highest BCUT2D eigenvalue weighted by Crippen LogP contribution is 2.23. The smallest absolute Gasteiger partial charge is 0.475 e. The second-order valence-electron chi connectivity index (χ2n) is 7.50. The Hall–Kier alpha value is -2.77. The summed E-state index contributed by atoms with van der Waals surface area (Å²) in [7, 11) is 0. The van der Waals surface area contributed by atoms with Gasteiger partial charge in [0, 0.05) is 49.5 Å². The SMILES string of the molecule is CCn1cc(CN2Cc3cncn3C(COCc3csc(C)n3)C2)cn1.O=C(O)C(F)(F)F. The fourth-order valence-electron chi connectivity index (χ4n) is 3.41. The number of aliphatic carboxylic acids is 1. The van der Waals surface area contributed by atoms with Crippen molar-refractivity contribution in [2.75, 3.05) is 13.2 Å². The van der Waals surface area contributed by atoms with Crippen molar-refractivity contribution in [3.63, 3.8) is 0 Å². The molecule has 13 heteroatoms. The molecule has 4 rings (SSSR count). The van der Waals surface area contributed by atoms with Crippen LogP contribution in [0.5, 0.6) is 0 Å². The molecule has 33 heavy (non-hydrogen) atoms. The van der Waals surface area contributed by atoms with Gasteiger partial charge in [0.05, 0.1) is 48.2 Å². The predicted molar refractivity (Wildman–Crippen MR) is 113 cm³/mol. The lowest BCUT2D eigenvalue weighted by molar-refractivity contribution is -0.192. The number of nitrogens with zero attached hydrogens (tertiary/aromatic N) is 6. The van der Waals surface area contributed by atoms with Crippen LogP contribution in [0.2, 0.25) is 0 Å². The standard InChI is InChI=1S/C18H24N6OS.C2HF3O2/c1-3-23-7-15(4-20-23)6-22-8-17-5-19-13-24(17)18(9-22)11-25-10-16-12-26-14(2)21-16;3-2(4,5)1(6)7/h4-5,7,12-13,18H,3,6,8-11H2,1-2H3;(H,6,7). The van der Waals surface area contributed by atoms with E-state index in [0.717, 1.165) is 36.9 Å². The minimum absolute atomic E-state index is 0.266. The molecule has 9 nitrogen and oxygen atoms in total. The topological polar surface area (TPSA) is 98.3 Å². The summed E-state index contributed by atoms with van der Waals surface area (Å²) in [6.45, 7) is 8.99. The van der Waals surface area contributed by atoms with E-state index in [1.807, 2.05) is 30.3 Å². The van der Waals surface area contributed by atoms with Crippen LogP contribution in [-0.2, 0) is 35.8 Å². The number of ether oxygens (including phenoxy) is 1. The number of aryl methyl sites for hydroxylation is 2. The summed E-state index contributed by atoms with van der Waals surface area (Å²) in [6.07, 6.45) is 2.88. The third kappa shape index (κ3) is 7.11. The Labute approximate surface area is 192 Å². The van der Waals surface area contributed by atoms with E-state index < -0.39 is 12.1 Å². The number of halogens is 3.